The van der Waals surface area contributed by atoms with E-state index in [-0.39, 0.29) is 17.7 Å². The molecule has 0 heterocycles. The SMILES string of the molecule is Cc1ccccc1-c1ccc(C(CCS(=N)(=O)CC[C@H](N)C(=O)O)C(F)(F)F)cc1. The van der Waals surface area contributed by atoms with Crippen LogP contribution in [0.3, 0.4) is 0 Å². The maximum absolute atomic E-state index is 13.6. The number of carbonyl (C=O) groups is 1. The van der Waals surface area contributed by atoms with E-state index in [0.29, 0.717) is 0 Å². The van der Waals surface area contributed by atoms with Crippen LogP contribution in [0.1, 0.15) is 29.9 Å². The number of nitrogens with two attached hydrogens (primary N) is 1. The Morgan fingerprint density at radius 3 is 2.20 bits per heavy atom. The second-order valence-corrected chi connectivity index (χ2v) is 9.71. The summed E-state index contributed by atoms with van der Waals surface area (Å²) in [5.74, 6) is -3.99. The molecule has 0 bridgehead atoms. The number of rotatable bonds is 9. The molecule has 0 aliphatic heterocycles. The summed E-state index contributed by atoms with van der Waals surface area (Å²) in [6.07, 6.45) is -5.30. The summed E-state index contributed by atoms with van der Waals surface area (Å²) in [4.78, 5) is 10.7. The van der Waals surface area contributed by atoms with Crippen molar-refractivity contribution < 1.29 is 27.3 Å². The second kappa shape index (κ2) is 9.61. The lowest BCUT2D eigenvalue weighted by atomic mass is 9.93. The predicted octanol–water partition coefficient (Wildman–Crippen LogP) is 4.55. The minimum Gasteiger partial charge on any atom is -0.480 e. The van der Waals surface area contributed by atoms with E-state index in [1.54, 1.807) is 12.1 Å². The lowest BCUT2D eigenvalue weighted by Crippen LogP contribution is -2.32. The average molecular weight is 443 g/mol. The van der Waals surface area contributed by atoms with Crippen molar-refractivity contribution in [1.29, 1.82) is 4.78 Å². The summed E-state index contributed by atoms with van der Waals surface area (Å²) in [5, 5.41) is 8.75. The number of carboxylic acid groups (broad SMARTS) is 1. The molecule has 0 fully saturated rings. The molecule has 164 valence electrons. The number of halogens is 3. The van der Waals surface area contributed by atoms with Crippen LogP contribution in [0.15, 0.2) is 48.5 Å². The van der Waals surface area contributed by atoms with Crippen molar-refractivity contribution in [2.75, 3.05) is 11.5 Å². The average Bonchev–Trinajstić information content (AvgIpc) is 2.66. The fraction of sp³-hybridized carbons (Fsp3) is 0.381. The molecule has 0 aromatic heterocycles. The maximum Gasteiger partial charge on any atom is 0.395 e. The lowest BCUT2D eigenvalue weighted by molar-refractivity contribution is -0.150. The van der Waals surface area contributed by atoms with Gasteiger partial charge in [0.05, 0.1) is 5.92 Å². The van der Waals surface area contributed by atoms with Gasteiger partial charge in [0.25, 0.3) is 0 Å². The van der Waals surface area contributed by atoms with Crippen LogP contribution < -0.4 is 5.73 Å². The summed E-state index contributed by atoms with van der Waals surface area (Å²) < 4.78 is 61.0. The van der Waals surface area contributed by atoms with E-state index in [2.05, 4.69) is 0 Å². The highest BCUT2D eigenvalue weighted by Gasteiger charge is 2.40. The molecule has 0 aliphatic carbocycles. The van der Waals surface area contributed by atoms with Gasteiger partial charge in [0.2, 0.25) is 0 Å². The molecular formula is C21H25F3N2O3S. The summed E-state index contributed by atoms with van der Waals surface area (Å²) in [6.45, 7) is 1.92. The van der Waals surface area contributed by atoms with Gasteiger partial charge in [-0.25, -0.2) is 4.21 Å². The fourth-order valence-corrected chi connectivity index (χ4v) is 4.62. The summed E-state index contributed by atoms with van der Waals surface area (Å²) in [6, 6.07) is 12.3. The van der Waals surface area contributed by atoms with E-state index in [1.807, 2.05) is 31.2 Å². The molecule has 30 heavy (non-hydrogen) atoms. The minimum atomic E-state index is -4.56. The molecular weight excluding hydrogens is 417 g/mol. The van der Waals surface area contributed by atoms with Crippen molar-refractivity contribution in [3.63, 3.8) is 0 Å². The molecule has 0 aliphatic rings. The van der Waals surface area contributed by atoms with Crippen LogP contribution in [0.25, 0.3) is 11.1 Å². The number of nitrogens with one attached hydrogen (secondary N) is 1. The lowest BCUT2D eigenvalue weighted by Gasteiger charge is -2.22. The first-order valence-electron chi connectivity index (χ1n) is 9.36. The van der Waals surface area contributed by atoms with Gasteiger partial charge in [0.15, 0.2) is 0 Å². The largest absolute Gasteiger partial charge is 0.480 e. The van der Waals surface area contributed by atoms with Gasteiger partial charge in [0, 0.05) is 21.2 Å². The van der Waals surface area contributed by atoms with Crippen LogP contribution in [-0.2, 0) is 14.5 Å². The fourth-order valence-electron chi connectivity index (χ4n) is 3.16. The summed E-state index contributed by atoms with van der Waals surface area (Å²) in [7, 11) is -3.37. The molecule has 2 aromatic carbocycles. The molecule has 9 heteroatoms. The third kappa shape index (κ3) is 6.56. The molecule has 0 spiro atoms. The Labute approximate surface area is 174 Å². The van der Waals surface area contributed by atoms with E-state index in [4.69, 9.17) is 15.6 Å². The number of aliphatic carboxylic acids is 1. The van der Waals surface area contributed by atoms with Crippen molar-refractivity contribution in [2.24, 2.45) is 5.73 Å². The Morgan fingerprint density at radius 1 is 1.10 bits per heavy atom. The molecule has 0 amide bonds. The van der Waals surface area contributed by atoms with Crippen LogP contribution in [0, 0.1) is 11.7 Å². The Morgan fingerprint density at radius 2 is 1.67 bits per heavy atom. The van der Waals surface area contributed by atoms with Gasteiger partial charge in [-0.2, -0.15) is 13.2 Å². The monoisotopic (exact) mass is 442 g/mol. The van der Waals surface area contributed by atoms with Gasteiger partial charge in [-0.1, -0.05) is 48.5 Å². The van der Waals surface area contributed by atoms with Gasteiger partial charge in [-0.05, 0) is 42.0 Å². The molecule has 4 N–H and O–H groups in total. The molecule has 2 rings (SSSR count). The predicted molar refractivity (Wildman–Crippen MR) is 111 cm³/mol. The Hall–Kier alpha value is -2.39. The van der Waals surface area contributed by atoms with E-state index in [9.17, 15) is 22.2 Å². The van der Waals surface area contributed by atoms with Crippen molar-refractivity contribution in [2.45, 2.75) is 37.9 Å². The van der Waals surface area contributed by atoms with E-state index < -0.39 is 46.0 Å². The normalized spacial score (nSPS) is 15.9. The molecule has 0 saturated carbocycles. The van der Waals surface area contributed by atoms with Crippen LogP contribution >= 0.6 is 0 Å². The molecule has 3 atom stereocenters. The topological polar surface area (TPSA) is 104 Å². The Kier molecular flexibility index (Phi) is 7.65. The van der Waals surface area contributed by atoms with Crippen LogP contribution in [-0.4, -0.2) is 39.0 Å². The van der Waals surface area contributed by atoms with Crippen molar-refractivity contribution in [1.82, 2.24) is 0 Å². The molecule has 2 aromatic rings. The van der Waals surface area contributed by atoms with Gasteiger partial charge in [-0.3, -0.25) is 9.57 Å². The quantitative estimate of drug-likeness (QED) is 0.530. The van der Waals surface area contributed by atoms with Gasteiger partial charge >= 0.3 is 12.1 Å². The number of hydrogen-bond acceptors (Lipinski definition) is 4. The number of benzene rings is 2. The van der Waals surface area contributed by atoms with Gasteiger partial charge in [-0.15, -0.1) is 0 Å². The minimum absolute atomic E-state index is 0.0391. The molecule has 0 saturated heterocycles. The third-order valence-electron chi connectivity index (χ3n) is 4.98. The summed E-state index contributed by atoms with van der Waals surface area (Å²) in [5.41, 5.74) is 8.09. The highest BCUT2D eigenvalue weighted by molar-refractivity contribution is 7.92. The van der Waals surface area contributed by atoms with Crippen LogP contribution in [0.5, 0.6) is 0 Å². The smallest absolute Gasteiger partial charge is 0.395 e. The number of alkyl halides is 3. The number of hydrogen-bond donors (Lipinski definition) is 3. The van der Waals surface area contributed by atoms with Crippen molar-refractivity contribution >= 4 is 15.7 Å². The first kappa shape index (κ1) is 23.9. The van der Waals surface area contributed by atoms with E-state index >= 15 is 0 Å². The Bertz CT molecular complexity index is 974. The highest BCUT2D eigenvalue weighted by Crippen LogP contribution is 2.38. The zero-order valence-electron chi connectivity index (χ0n) is 16.5. The van der Waals surface area contributed by atoms with Crippen LogP contribution in [0.2, 0.25) is 0 Å². The van der Waals surface area contributed by atoms with Crippen LogP contribution in [0.4, 0.5) is 13.2 Å². The second-order valence-electron chi connectivity index (χ2n) is 7.27. The highest BCUT2D eigenvalue weighted by atomic mass is 32.2. The first-order chi connectivity index (χ1) is 13.9. The number of aryl methyl sites for hydroxylation is 1. The molecule has 0 radical (unpaired) electrons. The zero-order chi connectivity index (χ0) is 22.5. The van der Waals surface area contributed by atoms with Crippen molar-refractivity contribution in [3.05, 3.63) is 59.7 Å². The maximum atomic E-state index is 13.6. The standard InChI is InChI=1S/C21H25F3N2O3S/c1-14-4-2-3-5-17(14)15-6-8-16(9-7-15)18(21(22,23)24)10-12-30(26,29)13-11-19(25)20(27)28/h2-9,18-19,26H,10-13,25H2,1H3,(H,27,28)/t18?,19-,30?/m0/s1. The Balaban J connectivity index is 2.15. The summed E-state index contributed by atoms with van der Waals surface area (Å²) >= 11 is 0. The van der Waals surface area contributed by atoms with Crippen molar-refractivity contribution in [3.8, 4) is 11.1 Å². The van der Waals surface area contributed by atoms with Gasteiger partial charge < -0.3 is 10.8 Å². The molecule has 5 nitrogen and oxygen atoms in total. The van der Waals surface area contributed by atoms with Gasteiger partial charge in [0.1, 0.15) is 6.04 Å². The zero-order valence-corrected chi connectivity index (χ0v) is 17.3. The van der Waals surface area contributed by atoms with E-state index in [0.717, 1.165) is 16.7 Å². The number of carboxylic acids is 1. The van der Waals surface area contributed by atoms with E-state index in [1.165, 1.54) is 12.1 Å². The third-order valence-corrected chi connectivity index (χ3v) is 6.77. The molecule has 2 unspecified atom stereocenters. The first-order valence-corrected chi connectivity index (χ1v) is 11.3.